The first-order valence-electron chi connectivity index (χ1n) is 5.96. The number of fused-ring (bicyclic) bond motifs is 1. The van der Waals surface area contributed by atoms with Crippen molar-refractivity contribution in [1.29, 1.82) is 0 Å². The van der Waals surface area contributed by atoms with Gasteiger partial charge in [0, 0.05) is 16.8 Å². The summed E-state index contributed by atoms with van der Waals surface area (Å²) in [5.74, 6) is 0. The smallest absolute Gasteiger partial charge is 0.0795 e. The molecule has 0 saturated carbocycles. The average Bonchev–Trinajstić information content (AvgIpc) is 2.92. The number of rotatable bonds is 3. The number of thiazole rings is 1. The van der Waals surface area contributed by atoms with E-state index in [0.29, 0.717) is 6.04 Å². The summed E-state index contributed by atoms with van der Waals surface area (Å²) in [5, 5.41) is 6.04. The molecule has 1 atom stereocenters. The van der Waals surface area contributed by atoms with Crippen LogP contribution in [-0.2, 0) is 0 Å². The van der Waals surface area contributed by atoms with Crippen LogP contribution in [0.4, 0.5) is 5.69 Å². The third kappa shape index (κ3) is 2.22. The molecule has 0 radical (unpaired) electrons. The van der Waals surface area contributed by atoms with E-state index in [9.17, 15) is 0 Å². The minimum Gasteiger partial charge on any atom is -0.378 e. The Balaban J connectivity index is 1.86. The fourth-order valence-corrected chi connectivity index (χ4v) is 2.67. The first kappa shape index (κ1) is 11.2. The predicted octanol–water partition coefficient (Wildman–Crippen LogP) is 4.47. The average molecular weight is 254 g/mol. The fourth-order valence-electron chi connectivity index (χ4n) is 2.04. The molecule has 2 nitrogen and oxygen atoms in total. The van der Waals surface area contributed by atoms with Gasteiger partial charge in [-0.15, -0.1) is 11.3 Å². The van der Waals surface area contributed by atoms with Crippen molar-refractivity contribution in [3.05, 3.63) is 59.0 Å². The predicted molar refractivity (Wildman–Crippen MR) is 78.1 cm³/mol. The second-order valence-electron chi connectivity index (χ2n) is 4.33. The van der Waals surface area contributed by atoms with E-state index < -0.39 is 0 Å². The van der Waals surface area contributed by atoms with E-state index in [-0.39, 0.29) is 0 Å². The third-order valence-electron chi connectivity index (χ3n) is 3.01. The molecule has 3 aromatic rings. The Bertz CT molecular complexity index is 646. The molecule has 0 saturated heterocycles. The van der Waals surface area contributed by atoms with Gasteiger partial charge in [0.05, 0.1) is 11.6 Å². The quantitative estimate of drug-likeness (QED) is 0.746. The van der Waals surface area contributed by atoms with Gasteiger partial charge in [-0.2, -0.15) is 0 Å². The minimum absolute atomic E-state index is 0.290. The van der Waals surface area contributed by atoms with Crippen LogP contribution >= 0.6 is 11.3 Å². The van der Waals surface area contributed by atoms with Gasteiger partial charge in [-0.05, 0) is 29.8 Å². The summed E-state index contributed by atoms with van der Waals surface area (Å²) >= 11 is 1.68. The SMILES string of the molecule is CC(Nc1ccc2ccccc2c1)c1cncs1. The monoisotopic (exact) mass is 254 g/mol. The second-order valence-corrected chi connectivity index (χ2v) is 5.25. The molecule has 0 aliphatic carbocycles. The molecule has 1 aromatic heterocycles. The molecule has 90 valence electrons. The lowest BCUT2D eigenvalue weighted by molar-refractivity contribution is 0.904. The Hall–Kier alpha value is -1.87. The molecule has 0 fully saturated rings. The van der Waals surface area contributed by atoms with Crippen LogP contribution < -0.4 is 5.32 Å². The van der Waals surface area contributed by atoms with Crippen molar-refractivity contribution in [3.8, 4) is 0 Å². The Kier molecular flexibility index (Phi) is 2.99. The Morgan fingerprint density at radius 1 is 1.11 bits per heavy atom. The normalized spacial score (nSPS) is 12.5. The van der Waals surface area contributed by atoms with Crippen LogP contribution in [0.3, 0.4) is 0 Å². The van der Waals surface area contributed by atoms with E-state index in [2.05, 4.69) is 59.7 Å². The lowest BCUT2D eigenvalue weighted by Crippen LogP contribution is -2.04. The van der Waals surface area contributed by atoms with Gasteiger partial charge in [-0.3, -0.25) is 4.98 Å². The summed E-state index contributed by atoms with van der Waals surface area (Å²) < 4.78 is 0. The zero-order valence-corrected chi connectivity index (χ0v) is 10.9. The van der Waals surface area contributed by atoms with E-state index in [0.717, 1.165) is 5.69 Å². The van der Waals surface area contributed by atoms with Gasteiger partial charge in [0.2, 0.25) is 0 Å². The van der Waals surface area contributed by atoms with Gasteiger partial charge in [-0.1, -0.05) is 30.3 Å². The molecule has 1 unspecified atom stereocenters. The lowest BCUT2D eigenvalue weighted by atomic mass is 10.1. The number of hydrogen-bond donors (Lipinski definition) is 1. The highest BCUT2D eigenvalue weighted by atomic mass is 32.1. The molecule has 18 heavy (non-hydrogen) atoms. The van der Waals surface area contributed by atoms with Crippen molar-refractivity contribution in [2.24, 2.45) is 0 Å². The molecule has 0 bridgehead atoms. The molecule has 1 N–H and O–H groups in total. The van der Waals surface area contributed by atoms with Gasteiger partial charge in [0.1, 0.15) is 0 Å². The number of anilines is 1. The van der Waals surface area contributed by atoms with Crippen LogP contribution in [0.2, 0.25) is 0 Å². The van der Waals surface area contributed by atoms with Crippen molar-refractivity contribution in [2.45, 2.75) is 13.0 Å². The maximum Gasteiger partial charge on any atom is 0.0795 e. The minimum atomic E-state index is 0.290. The summed E-state index contributed by atoms with van der Waals surface area (Å²) in [4.78, 5) is 5.37. The molecule has 3 heteroatoms. The molecule has 2 aromatic carbocycles. The van der Waals surface area contributed by atoms with Gasteiger partial charge in [0.15, 0.2) is 0 Å². The highest BCUT2D eigenvalue weighted by Gasteiger charge is 2.06. The van der Waals surface area contributed by atoms with E-state index in [1.807, 2.05) is 11.7 Å². The topological polar surface area (TPSA) is 24.9 Å². The maximum atomic E-state index is 4.11. The zero-order chi connectivity index (χ0) is 12.4. The number of hydrogen-bond acceptors (Lipinski definition) is 3. The van der Waals surface area contributed by atoms with Crippen LogP contribution in [0.5, 0.6) is 0 Å². The number of benzene rings is 2. The molecule has 1 heterocycles. The zero-order valence-electron chi connectivity index (χ0n) is 10.1. The van der Waals surface area contributed by atoms with E-state index in [4.69, 9.17) is 0 Å². The molecule has 0 aliphatic heterocycles. The highest BCUT2D eigenvalue weighted by Crippen LogP contribution is 2.24. The van der Waals surface area contributed by atoms with Crippen LogP contribution in [-0.4, -0.2) is 4.98 Å². The van der Waals surface area contributed by atoms with Gasteiger partial charge in [0.25, 0.3) is 0 Å². The fraction of sp³-hybridized carbons (Fsp3) is 0.133. The maximum absolute atomic E-state index is 4.11. The summed E-state index contributed by atoms with van der Waals surface area (Å²) in [6.07, 6.45) is 1.92. The van der Waals surface area contributed by atoms with Crippen LogP contribution in [0.25, 0.3) is 10.8 Å². The third-order valence-corrected chi connectivity index (χ3v) is 3.97. The lowest BCUT2D eigenvalue weighted by Gasteiger charge is -2.13. The second kappa shape index (κ2) is 4.78. The van der Waals surface area contributed by atoms with E-state index in [1.54, 1.807) is 11.3 Å². The summed E-state index contributed by atoms with van der Waals surface area (Å²) in [7, 11) is 0. The van der Waals surface area contributed by atoms with E-state index in [1.165, 1.54) is 15.6 Å². The Morgan fingerprint density at radius 3 is 2.72 bits per heavy atom. The molecule has 3 rings (SSSR count). The first-order valence-corrected chi connectivity index (χ1v) is 6.84. The van der Waals surface area contributed by atoms with Crippen LogP contribution in [0.1, 0.15) is 17.8 Å². The van der Waals surface area contributed by atoms with Gasteiger partial charge >= 0.3 is 0 Å². The van der Waals surface area contributed by atoms with Crippen molar-refractivity contribution in [3.63, 3.8) is 0 Å². The number of aromatic nitrogens is 1. The van der Waals surface area contributed by atoms with Gasteiger partial charge < -0.3 is 5.32 Å². The Morgan fingerprint density at radius 2 is 1.94 bits per heavy atom. The standard InChI is InChI=1S/C15H14N2S/c1-11(15-9-16-10-18-15)17-14-7-6-12-4-2-3-5-13(12)8-14/h2-11,17H,1H3. The van der Waals surface area contributed by atoms with Crippen molar-refractivity contribution >= 4 is 27.8 Å². The highest BCUT2D eigenvalue weighted by molar-refractivity contribution is 7.09. The molecule has 0 aliphatic rings. The van der Waals surface area contributed by atoms with Crippen molar-refractivity contribution in [1.82, 2.24) is 4.98 Å². The number of nitrogens with zero attached hydrogens (tertiary/aromatic N) is 1. The number of nitrogens with one attached hydrogen (secondary N) is 1. The Labute approximate surface area is 110 Å². The summed E-state index contributed by atoms with van der Waals surface area (Å²) in [6.45, 7) is 2.16. The van der Waals surface area contributed by atoms with Crippen LogP contribution in [0, 0.1) is 0 Å². The molecular weight excluding hydrogens is 240 g/mol. The first-order chi connectivity index (χ1) is 8.83. The van der Waals surface area contributed by atoms with Crippen LogP contribution in [0.15, 0.2) is 54.2 Å². The largest absolute Gasteiger partial charge is 0.378 e. The van der Waals surface area contributed by atoms with Crippen molar-refractivity contribution < 1.29 is 0 Å². The van der Waals surface area contributed by atoms with Crippen molar-refractivity contribution in [2.75, 3.05) is 5.32 Å². The molecule has 0 amide bonds. The summed E-state index contributed by atoms with van der Waals surface area (Å²) in [5.41, 5.74) is 3.02. The molecular formula is C15H14N2S. The van der Waals surface area contributed by atoms with Gasteiger partial charge in [-0.25, -0.2) is 0 Å². The summed E-state index contributed by atoms with van der Waals surface area (Å²) in [6, 6.07) is 15.2. The molecule has 0 spiro atoms. The van der Waals surface area contributed by atoms with E-state index >= 15 is 0 Å².